The van der Waals surface area contributed by atoms with Crippen LogP contribution in [0, 0.1) is 27.3 Å². The van der Waals surface area contributed by atoms with E-state index in [1.54, 1.807) is 19.1 Å². The molecule has 70 heavy (non-hydrogen) atoms. The molecule has 16 nitrogen and oxygen atoms in total. The summed E-state index contributed by atoms with van der Waals surface area (Å²) >= 11 is 0. The van der Waals surface area contributed by atoms with Gasteiger partial charge in [0.15, 0.2) is 11.4 Å². The molecule has 12 rings (SSSR count). The number of aromatic amines is 1. The minimum Gasteiger partial charge on any atom is -0.489 e. The van der Waals surface area contributed by atoms with Gasteiger partial charge in [0, 0.05) is 80.3 Å². The lowest BCUT2D eigenvalue weighted by Crippen LogP contribution is -2.71. The Bertz CT molecular complexity index is 2970. The molecule has 2 saturated carbocycles. The average Bonchev–Trinajstić information content (AvgIpc) is 3.71. The number of aromatic nitrogens is 2. The molecule has 18 heteroatoms. The summed E-state index contributed by atoms with van der Waals surface area (Å²) in [5.74, 6) is -0.438. The molecule has 1 spiro atoms. The van der Waals surface area contributed by atoms with Crippen LogP contribution in [-0.4, -0.2) is 114 Å². The van der Waals surface area contributed by atoms with Gasteiger partial charge < -0.3 is 29.8 Å². The fourth-order valence-electron chi connectivity index (χ4n) is 12.6. The number of rotatable bonds is 11. The molecule has 6 fully saturated rings. The number of fused-ring (bicyclic) bond motifs is 4. The smallest absolute Gasteiger partial charge is 0.297 e. The number of aliphatic hydroxyl groups is 1. The summed E-state index contributed by atoms with van der Waals surface area (Å²) in [5.41, 5.74) is 2.89. The number of nitrogens with zero attached hydrogens (tertiary/aromatic N) is 5. The summed E-state index contributed by atoms with van der Waals surface area (Å²) in [4.78, 5) is 40.0. The number of piperidine rings is 2. The molecular formula is C52H61FN8O8S. The zero-order valence-corrected chi connectivity index (χ0v) is 40.8. The van der Waals surface area contributed by atoms with Crippen LogP contribution in [0.1, 0.15) is 105 Å². The fourth-order valence-corrected chi connectivity index (χ4v) is 13.6. The van der Waals surface area contributed by atoms with E-state index in [-0.39, 0.29) is 57.9 Å². The predicted octanol–water partition coefficient (Wildman–Crippen LogP) is 8.29. The number of halogens is 1. The number of hydrogen-bond acceptors (Lipinski definition) is 13. The van der Waals surface area contributed by atoms with E-state index in [1.807, 2.05) is 0 Å². The molecule has 0 radical (unpaired) electrons. The van der Waals surface area contributed by atoms with Gasteiger partial charge in [0.25, 0.3) is 21.6 Å². The number of hydrogen-bond donors (Lipinski definition) is 4. The molecule has 370 valence electrons. The standard InChI is InChI=1S/C52H61FN8O8S/c1-30(2)36-7-5-6-8-37(36)47-42-19-33(58(42)4)20-43(47)60-28-52(29-60)15-17-59(18-16-52)32-9-10-38(45(21-32)69-34-22-39-40(53)26-55-49(39)54-25-34)50(62)57-70(66,67)35-23-44(61(64)65)48-46(24-35)68-27-41(56-48)31-11-13-51(3,63)14-12-31/h5-10,21-26,30-31,33,41-43,47,56,63H,11-20,27-29H2,1-4H3,(H,54,55)(H,57,62)/t31?,33?,41-,42?,43+,47-,51?/m1/s1. The topological polar surface area (TPSA) is 195 Å². The normalized spacial score (nSPS) is 27.5. The average molecular weight is 977 g/mol. The van der Waals surface area contributed by atoms with Crippen molar-refractivity contribution < 1.29 is 37.1 Å². The molecule has 4 N–H and O–H groups in total. The van der Waals surface area contributed by atoms with Crippen molar-refractivity contribution in [3.8, 4) is 17.2 Å². The van der Waals surface area contributed by atoms with E-state index < -0.39 is 42.9 Å². The van der Waals surface area contributed by atoms with Crippen molar-refractivity contribution in [3.05, 3.63) is 106 Å². The highest BCUT2D eigenvalue weighted by Crippen LogP contribution is 2.53. The van der Waals surface area contributed by atoms with Crippen LogP contribution >= 0.6 is 0 Å². The summed E-state index contributed by atoms with van der Waals surface area (Å²) in [7, 11) is -2.43. The number of nitrogens with one attached hydrogen (secondary N) is 3. The maximum atomic E-state index is 14.7. The van der Waals surface area contributed by atoms with E-state index in [9.17, 15) is 32.8 Å². The molecule has 4 saturated heterocycles. The number of anilines is 2. The molecule has 5 aliphatic heterocycles. The van der Waals surface area contributed by atoms with Crippen LogP contribution in [0.25, 0.3) is 11.0 Å². The van der Waals surface area contributed by atoms with E-state index >= 15 is 0 Å². The van der Waals surface area contributed by atoms with Gasteiger partial charge in [-0.1, -0.05) is 38.1 Å². The van der Waals surface area contributed by atoms with Crippen molar-refractivity contribution in [2.75, 3.05) is 50.1 Å². The predicted molar refractivity (Wildman–Crippen MR) is 263 cm³/mol. The van der Waals surface area contributed by atoms with E-state index in [4.69, 9.17) is 9.47 Å². The van der Waals surface area contributed by atoms with Crippen LogP contribution < -0.4 is 24.4 Å². The fraction of sp³-hybridized carbons (Fsp3) is 0.500. The first kappa shape index (κ1) is 46.6. The Labute approximate surface area is 407 Å². The minimum absolute atomic E-state index is 0.0187. The molecule has 7 heterocycles. The lowest BCUT2D eigenvalue weighted by Gasteiger charge is -2.65. The number of benzene rings is 3. The van der Waals surface area contributed by atoms with Gasteiger partial charge >= 0.3 is 0 Å². The second-order valence-electron chi connectivity index (χ2n) is 21.5. The first-order valence-electron chi connectivity index (χ1n) is 24.7. The van der Waals surface area contributed by atoms with Crippen molar-refractivity contribution in [3.63, 3.8) is 0 Å². The summed E-state index contributed by atoms with van der Waals surface area (Å²) < 4.78 is 57.1. The molecule has 2 bridgehead atoms. The van der Waals surface area contributed by atoms with Crippen molar-refractivity contribution >= 4 is 44.0 Å². The number of pyridine rings is 1. The van der Waals surface area contributed by atoms with Gasteiger partial charge in [-0.3, -0.25) is 24.7 Å². The molecule has 1 amide bonds. The molecule has 5 atom stereocenters. The van der Waals surface area contributed by atoms with Crippen LogP contribution in [0.15, 0.2) is 78.0 Å². The Morgan fingerprint density at radius 2 is 1.79 bits per heavy atom. The Hall–Kier alpha value is -5.82. The number of amides is 1. The monoisotopic (exact) mass is 976 g/mol. The maximum Gasteiger partial charge on any atom is 0.297 e. The maximum absolute atomic E-state index is 14.7. The number of H-pyrrole nitrogens is 1. The van der Waals surface area contributed by atoms with Crippen LogP contribution in [0.3, 0.4) is 0 Å². The first-order valence-corrected chi connectivity index (χ1v) is 26.2. The molecule has 2 aliphatic carbocycles. The minimum atomic E-state index is -4.72. The van der Waals surface area contributed by atoms with E-state index in [0.717, 1.165) is 50.8 Å². The molecular weight excluding hydrogens is 916 g/mol. The number of likely N-dealkylation sites (N-methyl/N-ethyl adjacent to an activating group) is 1. The first-order chi connectivity index (χ1) is 33.4. The van der Waals surface area contributed by atoms with Gasteiger partial charge in [-0.15, -0.1) is 0 Å². The SMILES string of the molecule is CC(C)c1ccccc1[C@@H]1C2CC(C[C@@H]1N1CC3(CCN(c4ccc(C(=O)NS(=O)(=O)c5cc6c(c([N+](=O)[O-])c5)N[C@@H](C5CCC(C)(O)CC5)CO6)c(Oc5cnc6[nH]cc(F)c6c5)c4)CC3)C1)N2C. The number of carbonyl (C=O) groups is 1. The molecule has 7 aliphatic rings. The number of likely N-dealkylation sites (tertiary alicyclic amines) is 1. The highest BCUT2D eigenvalue weighted by atomic mass is 32.2. The van der Waals surface area contributed by atoms with Crippen LogP contribution in [-0.2, 0) is 10.0 Å². The van der Waals surface area contributed by atoms with Crippen molar-refractivity contribution in [1.29, 1.82) is 0 Å². The van der Waals surface area contributed by atoms with Gasteiger partial charge in [0.05, 0.1) is 38.6 Å². The second kappa shape index (κ2) is 17.5. The number of carbonyl (C=O) groups excluding carboxylic acids is 1. The van der Waals surface area contributed by atoms with Crippen LogP contribution in [0.4, 0.5) is 21.5 Å². The summed E-state index contributed by atoms with van der Waals surface area (Å²) in [6.45, 7) is 10.2. The molecule has 2 unspecified atom stereocenters. The Kier molecular flexibility index (Phi) is 11.6. The van der Waals surface area contributed by atoms with Gasteiger partial charge in [0.1, 0.15) is 29.6 Å². The lowest BCUT2D eigenvalue weighted by atomic mass is 9.62. The third kappa shape index (κ3) is 8.43. The van der Waals surface area contributed by atoms with Gasteiger partial charge in [0.2, 0.25) is 0 Å². The van der Waals surface area contributed by atoms with Gasteiger partial charge in [-0.25, -0.2) is 22.5 Å². The lowest BCUT2D eigenvalue weighted by molar-refractivity contribution is -0.384. The molecule has 5 aromatic rings. The van der Waals surface area contributed by atoms with Crippen molar-refractivity contribution in [1.82, 2.24) is 24.5 Å². The highest BCUT2D eigenvalue weighted by molar-refractivity contribution is 7.90. The van der Waals surface area contributed by atoms with Crippen LogP contribution in [0.5, 0.6) is 17.2 Å². The van der Waals surface area contributed by atoms with E-state index in [0.29, 0.717) is 61.3 Å². The third-order valence-corrected chi connectivity index (χ3v) is 18.1. The largest absolute Gasteiger partial charge is 0.489 e. The van der Waals surface area contributed by atoms with Crippen molar-refractivity contribution in [2.24, 2.45) is 11.3 Å². The summed E-state index contributed by atoms with van der Waals surface area (Å²) in [6, 6.07) is 19.0. The quantitative estimate of drug-likeness (QED) is 0.0730. The van der Waals surface area contributed by atoms with Gasteiger partial charge in [-0.05, 0) is 112 Å². The Balaban J connectivity index is 0.814. The number of sulfonamides is 1. The third-order valence-electron chi connectivity index (χ3n) is 16.8. The van der Waals surface area contributed by atoms with Crippen molar-refractivity contribution in [2.45, 2.75) is 119 Å². The Morgan fingerprint density at radius 1 is 1.04 bits per heavy atom. The zero-order chi connectivity index (χ0) is 48.9. The van der Waals surface area contributed by atoms with Gasteiger partial charge in [-0.2, -0.15) is 0 Å². The second-order valence-corrected chi connectivity index (χ2v) is 23.2. The molecule has 2 aromatic heterocycles. The van der Waals surface area contributed by atoms with Crippen LogP contribution in [0.2, 0.25) is 0 Å². The summed E-state index contributed by atoms with van der Waals surface area (Å²) in [6.07, 6.45) is 9.55. The highest BCUT2D eigenvalue weighted by Gasteiger charge is 2.56. The summed E-state index contributed by atoms with van der Waals surface area (Å²) in [5, 5.41) is 26.3. The Morgan fingerprint density at radius 3 is 2.51 bits per heavy atom. The van der Waals surface area contributed by atoms with E-state index in [1.165, 1.54) is 54.6 Å². The number of nitro groups is 1. The number of ether oxygens (including phenoxy) is 2. The molecule has 3 aromatic carbocycles. The zero-order valence-electron chi connectivity index (χ0n) is 40.0. The van der Waals surface area contributed by atoms with E-state index in [2.05, 4.69) is 79.9 Å². The number of nitro benzene ring substituents is 1.